The second kappa shape index (κ2) is 11.4. The molecule has 0 amide bonds. The van der Waals surface area contributed by atoms with Gasteiger partial charge in [0, 0.05) is 11.6 Å². The summed E-state index contributed by atoms with van der Waals surface area (Å²) >= 11 is 0. The van der Waals surface area contributed by atoms with Crippen LogP contribution in [0.15, 0.2) is 67.3 Å². The maximum absolute atomic E-state index is 11.7. The molecule has 2 aromatic rings. The molecule has 0 saturated carbocycles. The van der Waals surface area contributed by atoms with Crippen molar-refractivity contribution in [1.29, 1.82) is 0 Å². The predicted octanol–water partition coefficient (Wildman–Crippen LogP) is 4.66. The minimum Gasteiger partial charge on any atom is -0.493 e. The summed E-state index contributed by atoms with van der Waals surface area (Å²) in [4.78, 5) is 34.6. The van der Waals surface area contributed by atoms with Gasteiger partial charge in [-0.2, -0.15) is 0 Å². The van der Waals surface area contributed by atoms with Crippen molar-refractivity contribution >= 4 is 18.1 Å². The summed E-state index contributed by atoms with van der Waals surface area (Å²) < 4.78 is 26.5. The lowest BCUT2D eigenvalue weighted by Crippen LogP contribution is -2.47. The zero-order valence-electron chi connectivity index (χ0n) is 19.8. The molecular formula is C27H28O8. The molecule has 1 aliphatic heterocycles. The van der Waals surface area contributed by atoms with E-state index in [2.05, 4.69) is 13.2 Å². The zero-order chi connectivity index (χ0) is 25.4. The van der Waals surface area contributed by atoms with E-state index in [-0.39, 0.29) is 26.4 Å². The van der Waals surface area contributed by atoms with Crippen molar-refractivity contribution in [2.45, 2.75) is 20.3 Å². The normalized spacial score (nSPS) is 14.2. The van der Waals surface area contributed by atoms with E-state index in [0.717, 1.165) is 29.2 Å². The average Bonchev–Trinajstić information content (AvgIpc) is 2.87. The number of esters is 2. The first kappa shape index (κ1) is 25.6. The van der Waals surface area contributed by atoms with Crippen molar-refractivity contribution in [2.24, 2.45) is 5.41 Å². The van der Waals surface area contributed by atoms with Crippen LogP contribution in [-0.2, 0) is 30.2 Å². The van der Waals surface area contributed by atoms with Gasteiger partial charge in [0.15, 0.2) is 0 Å². The highest BCUT2D eigenvalue weighted by atomic mass is 16.7. The van der Waals surface area contributed by atoms with Crippen LogP contribution in [0.25, 0.3) is 11.1 Å². The number of ether oxygens (including phenoxy) is 5. The maximum atomic E-state index is 11.7. The fourth-order valence-electron chi connectivity index (χ4n) is 3.37. The smallest absolute Gasteiger partial charge is 0.493 e. The van der Waals surface area contributed by atoms with E-state index >= 15 is 0 Å². The van der Waals surface area contributed by atoms with Crippen molar-refractivity contribution in [3.05, 3.63) is 72.8 Å². The van der Waals surface area contributed by atoms with Crippen LogP contribution < -0.4 is 9.47 Å². The van der Waals surface area contributed by atoms with Crippen LogP contribution in [0.1, 0.15) is 19.4 Å². The second-order valence-corrected chi connectivity index (χ2v) is 8.29. The van der Waals surface area contributed by atoms with Crippen LogP contribution in [0, 0.1) is 5.41 Å². The molecule has 0 aliphatic carbocycles. The van der Waals surface area contributed by atoms with Gasteiger partial charge in [-0.1, -0.05) is 38.3 Å². The minimum atomic E-state index is -0.839. The molecule has 0 N–H and O–H groups in total. The quantitative estimate of drug-likeness (QED) is 0.275. The molecule has 184 valence electrons. The fourth-order valence-corrected chi connectivity index (χ4v) is 3.37. The number of aryl methyl sites for hydroxylation is 1. The monoisotopic (exact) mass is 480 g/mol. The predicted molar refractivity (Wildman–Crippen MR) is 128 cm³/mol. The highest BCUT2D eigenvalue weighted by Crippen LogP contribution is 2.31. The molecule has 0 bridgehead atoms. The maximum Gasteiger partial charge on any atom is 0.508 e. The summed E-state index contributed by atoms with van der Waals surface area (Å²) in [5.41, 5.74) is 2.52. The molecule has 0 unspecified atom stereocenters. The summed E-state index contributed by atoms with van der Waals surface area (Å²) in [6.45, 7) is 10.6. The molecule has 0 radical (unpaired) electrons. The van der Waals surface area contributed by atoms with E-state index < -0.39 is 23.5 Å². The van der Waals surface area contributed by atoms with Gasteiger partial charge in [-0.3, -0.25) is 0 Å². The minimum absolute atomic E-state index is 0.00270. The van der Waals surface area contributed by atoms with Gasteiger partial charge in [-0.25, -0.2) is 14.4 Å². The summed E-state index contributed by atoms with van der Waals surface area (Å²) in [7, 11) is 0. The molecule has 3 rings (SSSR count). The van der Waals surface area contributed by atoms with E-state index in [4.69, 9.17) is 23.7 Å². The second-order valence-electron chi connectivity index (χ2n) is 8.29. The number of benzene rings is 2. The third-order valence-electron chi connectivity index (χ3n) is 5.41. The van der Waals surface area contributed by atoms with Crippen LogP contribution in [0.3, 0.4) is 0 Å². The van der Waals surface area contributed by atoms with E-state index in [1.54, 1.807) is 19.1 Å². The Labute approximate surface area is 204 Å². The van der Waals surface area contributed by atoms with Gasteiger partial charge in [-0.05, 0) is 54.3 Å². The third-order valence-corrected chi connectivity index (χ3v) is 5.41. The molecule has 0 aromatic heterocycles. The topological polar surface area (TPSA) is 97.4 Å². The molecule has 8 nitrogen and oxygen atoms in total. The first-order valence-corrected chi connectivity index (χ1v) is 11.1. The van der Waals surface area contributed by atoms with Crippen LogP contribution in [0.4, 0.5) is 4.79 Å². The van der Waals surface area contributed by atoms with Crippen LogP contribution in [0.5, 0.6) is 11.5 Å². The molecule has 0 atom stereocenters. The molecule has 1 saturated heterocycles. The van der Waals surface area contributed by atoms with E-state index in [0.29, 0.717) is 17.1 Å². The number of carbonyl (C=O) groups is 3. The number of hydrogen-bond donors (Lipinski definition) is 0. The lowest BCUT2D eigenvalue weighted by atomic mass is 9.91. The van der Waals surface area contributed by atoms with Crippen molar-refractivity contribution in [1.82, 2.24) is 0 Å². The SMILES string of the molecule is C=CC(=O)OCC1(COc2ccc(-c3ccc(OC(=O)C(=C)C)cc3)c(CC)c2)COC(=O)OC1. The first-order chi connectivity index (χ1) is 16.7. The highest BCUT2D eigenvalue weighted by Gasteiger charge is 2.40. The van der Waals surface area contributed by atoms with E-state index in [1.165, 1.54) is 0 Å². The summed E-state index contributed by atoms with van der Waals surface area (Å²) in [5, 5.41) is 0. The summed E-state index contributed by atoms with van der Waals surface area (Å²) in [6, 6.07) is 13.0. The molecule has 35 heavy (non-hydrogen) atoms. The van der Waals surface area contributed by atoms with Crippen LogP contribution >= 0.6 is 0 Å². The lowest BCUT2D eigenvalue weighted by molar-refractivity contribution is -0.150. The first-order valence-electron chi connectivity index (χ1n) is 11.1. The zero-order valence-corrected chi connectivity index (χ0v) is 19.8. The Hall–Kier alpha value is -4.07. The largest absolute Gasteiger partial charge is 0.508 e. The van der Waals surface area contributed by atoms with Crippen LogP contribution in [0.2, 0.25) is 0 Å². The van der Waals surface area contributed by atoms with Crippen molar-refractivity contribution in [3.8, 4) is 22.6 Å². The third kappa shape index (κ3) is 6.72. The Balaban J connectivity index is 1.73. The van der Waals surface area contributed by atoms with E-state index in [1.807, 2.05) is 37.3 Å². The van der Waals surface area contributed by atoms with Gasteiger partial charge in [0.25, 0.3) is 0 Å². The van der Waals surface area contributed by atoms with Crippen molar-refractivity contribution < 1.29 is 38.1 Å². The molecule has 2 aromatic carbocycles. The highest BCUT2D eigenvalue weighted by molar-refractivity contribution is 5.88. The number of cyclic esters (lactones) is 2. The Bertz CT molecular complexity index is 1110. The number of hydrogen-bond acceptors (Lipinski definition) is 8. The van der Waals surface area contributed by atoms with Crippen molar-refractivity contribution in [2.75, 3.05) is 26.4 Å². The van der Waals surface area contributed by atoms with Gasteiger partial charge in [-0.15, -0.1) is 0 Å². The van der Waals surface area contributed by atoms with E-state index in [9.17, 15) is 14.4 Å². The number of carbonyl (C=O) groups excluding carboxylic acids is 3. The van der Waals surface area contributed by atoms with Crippen LogP contribution in [-0.4, -0.2) is 44.5 Å². The van der Waals surface area contributed by atoms with Crippen molar-refractivity contribution in [3.63, 3.8) is 0 Å². The Morgan fingerprint density at radius 1 is 1.06 bits per heavy atom. The number of rotatable bonds is 10. The molecule has 1 heterocycles. The van der Waals surface area contributed by atoms with Gasteiger partial charge in [0.2, 0.25) is 0 Å². The average molecular weight is 481 g/mol. The lowest BCUT2D eigenvalue weighted by Gasteiger charge is -2.34. The molecule has 1 aliphatic rings. The summed E-state index contributed by atoms with van der Waals surface area (Å²) in [6.07, 6.45) is 1.05. The molecule has 1 fully saturated rings. The Morgan fingerprint density at radius 2 is 1.71 bits per heavy atom. The van der Waals surface area contributed by atoms with Gasteiger partial charge < -0.3 is 23.7 Å². The van der Waals surface area contributed by atoms with Gasteiger partial charge in [0.05, 0.1) is 0 Å². The van der Waals surface area contributed by atoms with Gasteiger partial charge >= 0.3 is 18.1 Å². The fraction of sp³-hybridized carbons (Fsp3) is 0.296. The summed E-state index contributed by atoms with van der Waals surface area (Å²) in [5.74, 6) is 0.00417. The molecule has 8 heteroatoms. The Morgan fingerprint density at radius 3 is 2.31 bits per heavy atom. The molecular weight excluding hydrogens is 452 g/mol. The van der Waals surface area contributed by atoms with Gasteiger partial charge in [0.1, 0.15) is 43.3 Å². The standard InChI is InChI=1S/C27H28O8/c1-5-19-13-22(31-14-27(15-32-24(28)6-2)16-33-26(30)34-17-27)11-12-23(19)20-7-9-21(10-8-20)35-25(29)18(3)4/h6-13H,2-3,5,14-17H2,1,4H3. The Kier molecular flexibility index (Phi) is 8.30. The molecule has 0 spiro atoms.